The van der Waals surface area contributed by atoms with Gasteiger partial charge in [0.1, 0.15) is 0 Å². The van der Waals surface area contributed by atoms with Crippen LogP contribution in [-0.2, 0) is 7.05 Å². The van der Waals surface area contributed by atoms with E-state index in [1.165, 1.54) is 12.0 Å². The number of rotatable bonds is 6. The largest absolute Gasteiger partial charge is 0.326 e. The molecule has 2 atom stereocenters. The number of thioether (sulfide) groups is 1. The summed E-state index contributed by atoms with van der Waals surface area (Å²) in [5.41, 5.74) is 7.40. The zero-order valence-corrected chi connectivity index (χ0v) is 10.6. The molecule has 0 saturated carbocycles. The van der Waals surface area contributed by atoms with Crippen LogP contribution in [-0.4, -0.2) is 21.6 Å². The number of hydrogen-bond donors (Lipinski definition) is 1. The van der Waals surface area contributed by atoms with E-state index < -0.39 is 0 Å². The van der Waals surface area contributed by atoms with Gasteiger partial charge in [0.05, 0.1) is 6.20 Å². The fraction of sp³-hybridized carbons (Fsp3) is 0.727. The van der Waals surface area contributed by atoms with Crippen LogP contribution in [0.3, 0.4) is 0 Å². The van der Waals surface area contributed by atoms with E-state index in [0.29, 0.717) is 5.25 Å². The molecule has 1 rings (SSSR count). The van der Waals surface area contributed by atoms with Crippen molar-refractivity contribution in [2.75, 3.05) is 5.75 Å². The van der Waals surface area contributed by atoms with Gasteiger partial charge in [-0.05, 0) is 18.6 Å². The van der Waals surface area contributed by atoms with Crippen LogP contribution in [0.5, 0.6) is 0 Å². The van der Waals surface area contributed by atoms with Gasteiger partial charge in [-0.2, -0.15) is 16.9 Å². The van der Waals surface area contributed by atoms with Crippen molar-refractivity contribution in [2.45, 2.75) is 38.0 Å². The number of nitrogens with zero attached hydrogens (tertiary/aromatic N) is 2. The highest BCUT2D eigenvalue weighted by atomic mass is 32.2. The number of hydrogen-bond acceptors (Lipinski definition) is 3. The lowest BCUT2D eigenvalue weighted by atomic mass is 10.1. The van der Waals surface area contributed by atoms with Gasteiger partial charge in [0.25, 0.3) is 0 Å². The molecule has 0 amide bonds. The van der Waals surface area contributed by atoms with Gasteiger partial charge in [0, 0.05) is 30.1 Å². The summed E-state index contributed by atoms with van der Waals surface area (Å²) in [6.07, 6.45) is 6.21. The van der Waals surface area contributed by atoms with Crippen molar-refractivity contribution in [2.24, 2.45) is 12.8 Å². The van der Waals surface area contributed by atoms with Gasteiger partial charge >= 0.3 is 0 Å². The second-order valence-corrected chi connectivity index (χ2v) is 5.06. The Labute approximate surface area is 96.4 Å². The molecule has 0 aromatic carbocycles. The molecule has 0 aliphatic carbocycles. The van der Waals surface area contributed by atoms with Gasteiger partial charge in [0.15, 0.2) is 0 Å². The number of aromatic nitrogens is 2. The van der Waals surface area contributed by atoms with Crippen molar-refractivity contribution >= 4 is 11.8 Å². The van der Waals surface area contributed by atoms with Crippen LogP contribution in [0, 0.1) is 0 Å². The van der Waals surface area contributed by atoms with Crippen LogP contribution in [0.1, 0.15) is 37.5 Å². The van der Waals surface area contributed by atoms with Crippen LogP contribution in [0.4, 0.5) is 0 Å². The molecule has 0 radical (unpaired) electrons. The predicted octanol–water partition coefficient (Wildman–Crippen LogP) is 2.34. The minimum absolute atomic E-state index is 0.228. The summed E-state index contributed by atoms with van der Waals surface area (Å²) in [6.45, 7) is 4.34. The Balaban J connectivity index is 2.71. The molecule has 2 N–H and O–H groups in total. The average molecular weight is 227 g/mol. The first kappa shape index (κ1) is 12.6. The smallest absolute Gasteiger partial charge is 0.0533 e. The van der Waals surface area contributed by atoms with E-state index >= 15 is 0 Å². The molecule has 2 unspecified atom stereocenters. The summed E-state index contributed by atoms with van der Waals surface area (Å²) in [5.74, 6) is 1.16. The maximum Gasteiger partial charge on any atom is 0.0533 e. The second-order valence-electron chi connectivity index (χ2n) is 3.81. The second kappa shape index (κ2) is 6.18. The average Bonchev–Trinajstić information content (AvgIpc) is 2.65. The van der Waals surface area contributed by atoms with Crippen LogP contribution in [0.2, 0.25) is 0 Å². The first-order valence-electron chi connectivity index (χ1n) is 5.54. The third-order valence-electron chi connectivity index (χ3n) is 2.42. The van der Waals surface area contributed by atoms with Gasteiger partial charge in [0.2, 0.25) is 0 Å². The van der Waals surface area contributed by atoms with Crippen molar-refractivity contribution < 1.29 is 0 Å². The van der Waals surface area contributed by atoms with Gasteiger partial charge in [-0.25, -0.2) is 0 Å². The van der Waals surface area contributed by atoms with Crippen LogP contribution in [0.15, 0.2) is 12.4 Å². The zero-order valence-electron chi connectivity index (χ0n) is 9.81. The lowest BCUT2D eigenvalue weighted by molar-refractivity contribution is 0.633. The zero-order chi connectivity index (χ0) is 11.3. The molecule has 0 saturated heterocycles. The Morgan fingerprint density at radius 1 is 1.53 bits per heavy atom. The number of nitrogens with two attached hydrogens (primary N) is 1. The lowest BCUT2D eigenvalue weighted by Crippen LogP contribution is -2.25. The normalized spacial score (nSPS) is 15.2. The Kier molecular flexibility index (Phi) is 5.19. The molecular formula is C11H21N3S. The van der Waals surface area contributed by atoms with Crippen molar-refractivity contribution in [3.8, 4) is 0 Å². The highest BCUT2D eigenvalue weighted by Crippen LogP contribution is 2.32. The van der Waals surface area contributed by atoms with Gasteiger partial charge < -0.3 is 5.73 Å². The third-order valence-corrected chi connectivity index (χ3v) is 4.04. The Hall–Kier alpha value is -0.480. The van der Waals surface area contributed by atoms with E-state index in [0.717, 1.165) is 12.2 Å². The summed E-state index contributed by atoms with van der Waals surface area (Å²) < 4.78 is 1.84. The topological polar surface area (TPSA) is 43.8 Å². The fourth-order valence-corrected chi connectivity index (χ4v) is 2.76. The molecule has 1 aromatic rings. The summed E-state index contributed by atoms with van der Waals surface area (Å²) in [6, 6.07) is 0.228. The molecule has 1 aromatic heterocycles. The minimum atomic E-state index is 0.228. The molecule has 4 heteroatoms. The van der Waals surface area contributed by atoms with E-state index in [1.54, 1.807) is 0 Å². The van der Waals surface area contributed by atoms with Crippen LogP contribution in [0.25, 0.3) is 0 Å². The molecule has 3 nitrogen and oxygen atoms in total. The van der Waals surface area contributed by atoms with E-state index in [1.807, 2.05) is 29.7 Å². The quantitative estimate of drug-likeness (QED) is 0.811. The number of aryl methyl sites for hydroxylation is 1. The molecule has 1 heterocycles. The maximum atomic E-state index is 6.14. The first-order chi connectivity index (χ1) is 7.19. The summed E-state index contributed by atoms with van der Waals surface area (Å²) in [4.78, 5) is 0. The highest BCUT2D eigenvalue weighted by molar-refractivity contribution is 7.99. The van der Waals surface area contributed by atoms with E-state index in [4.69, 9.17) is 5.73 Å². The lowest BCUT2D eigenvalue weighted by Gasteiger charge is -2.20. The maximum absolute atomic E-state index is 6.14. The van der Waals surface area contributed by atoms with E-state index in [2.05, 4.69) is 25.1 Å². The Bertz CT molecular complexity index is 285. The summed E-state index contributed by atoms with van der Waals surface area (Å²) in [7, 11) is 1.95. The van der Waals surface area contributed by atoms with E-state index in [-0.39, 0.29) is 6.04 Å². The monoisotopic (exact) mass is 227 g/mol. The van der Waals surface area contributed by atoms with Crippen molar-refractivity contribution in [3.05, 3.63) is 18.0 Å². The standard InChI is InChI=1S/C11H21N3S/c1-4-6-15-11(10(12)5-2)9-7-13-14(3)8-9/h7-8,10-11H,4-6,12H2,1-3H3. The molecular weight excluding hydrogens is 206 g/mol. The van der Waals surface area contributed by atoms with Crippen molar-refractivity contribution in [1.82, 2.24) is 9.78 Å². The molecule has 15 heavy (non-hydrogen) atoms. The van der Waals surface area contributed by atoms with Crippen molar-refractivity contribution in [3.63, 3.8) is 0 Å². The van der Waals surface area contributed by atoms with Gasteiger partial charge in [-0.15, -0.1) is 0 Å². The van der Waals surface area contributed by atoms with E-state index in [9.17, 15) is 0 Å². The molecule has 0 bridgehead atoms. The summed E-state index contributed by atoms with van der Waals surface area (Å²) >= 11 is 1.94. The Morgan fingerprint density at radius 3 is 2.73 bits per heavy atom. The highest BCUT2D eigenvalue weighted by Gasteiger charge is 2.19. The predicted molar refractivity (Wildman–Crippen MR) is 67.0 cm³/mol. The molecule has 0 spiro atoms. The minimum Gasteiger partial charge on any atom is -0.326 e. The fourth-order valence-electron chi connectivity index (χ4n) is 1.51. The van der Waals surface area contributed by atoms with Crippen LogP contribution < -0.4 is 5.73 Å². The molecule has 0 aliphatic rings. The van der Waals surface area contributed by atoms with Crippen LogP contribution >= 0.6 is 11.8 Å². The SMILES string of the molecule is CCCSC(c1cnn(C)c1)C(N)CC. The Morgan fingerprint density at radius 2 is 2.27 bits per heavy atom. The first-order valence-corrected chi connectivity index (χ1v) is 6.59. The van der Waals surface area contributed by atoms with Gasteiger partial charge in [-0.1, -0.05) is 13.8 Å². The third kappa shape index (κ3) is 3.54. The van der Waals surface area contributed by atoms with Crippen molar-refractivity contribution in [1.29, 1.82) is 0 Å². The summed E-state index contributed by atoms with van der Waals surface area (Å²) in [5, 5.41) is 4.60. The molecule has 0 fully saturated rings. The molecule has 86 valence electrons. The molecule has 0 aliphatic heterocycles. The van der Waals surface area contributed by atoms with Gasteiger partial charge in [-0.3, -0.25) is 4.68 Å².